The van der Waals surface area contributed by atoms with Crippen molar-refractivity contribution in [2.75, 3.05) is 18.6 Å². The van der Waals surface area contributed by atoms with Crippen LogP contribution in [0.15, 0.2) is 0 Å². The van der Waals surface area contributed by atoms with Crippen LogP contribution < -0.4 is 0 Å². The molecule has 0 saturated heterocycles. The van der Waals surface area contributed by atoms with Crippen LogP contribution in [-0.4, -0.2) is 30.9 Å². The van der Waals surface area contributed by atoms with Gasteiger partial charge in [-0.15, -0.1) is 0 Å². The first-order valence-electron chi connectivity index (χ1n) is 3.28. The first kappa shape index (κ1) is 10.5. The number of esters is 1. The molecular formula is C7H12O3S. The van der Waals surface area contributed by atoms with Crippen LogP contribution in [0.4, 0.5) is 0 Å². The summed E-state index contributed by atoms with van der Waals surface area (Å²) in [4.78, 5) is 20.6. The summed E-state index contributed by atoms with van der Waals surface area (Å²) in [6, 6.07) is 0. The van der Waals surface area contributed by atoms with Gasteiger partial charge < -0.3 is 9.53 Å². The predicted molar refractivity (Wildman–Crippen MR) is 44.6 cm³/mol. The van der Waals surface area contributed by atoms with Crippen molar-refractivity contribution in [3.8, 4) is 0 Å². The Morgan fingerprint density at radius 1 is 1.73 bits per heavy atom. The molecule has 11 heavy (non-hydrogen) atoms. The second-order valence-electron chi connectivity index (χ2n) is 2.15. The summed E-state index contributed by atoms with van der Waals surface area (Å²) in [5.41, 5.74) is 0. The predicted octanol–water partition coefficient (Wildman–Crippen LogP) is 0.728. The Morgan fingerprint density at radius 3 is 2.73 bits per heavy atom. The second-order valence-corrected chi connectivity index (χ2v) is 3.06. The number of rotatable bonds is 5. The summed E-state index contributed by atoms with van der Waals surface area (Å²) in [6.07, 6.45) is 2.73. The molecule has 0 fully saturated rings. The normalized spacial score (nSPS) is 12.2. The average Bonchev–Trinajstić information content (AvgIpc) is 1.97. The van der Waals surface area contributed by atoms with Gasteiger partial charge in [0.2, 0.25) is 0 Å². The van der Waals surface area contributed by atoms with Gasteiger partial charge in [0.15, 0.2) is 0 Å². The van der Waals surface area contributed by atoms with Crippen LogP contribution in [-0.2, 0) is 14.3 Å². The number of ether oxygens (including phenoxy) is 1. The zero-order valence-corrected chi connectivity index (χ0v) is 7.52. The third-order valence-electron chi connectivity index (χ3n) is 1.07. The zero-order chi connectivity index (χ0) is 8.69. The monoisotopic (exact) mass is 176 g/mol. The van der Waals surface area contributed by atoms with E-state index in [4.69, 9.17) is 0 Å². The third-order valence-corrected chi connectivity index (χ3v) is 1.84. The lowest BCUT2D eigenvalue weighted by Gasteiger charge is -2.07. The van der Waals surface area contributed by atoms with Crippen LogP contribution >= 0.6 is 11.8 Å². The van der Waals surface area contributed by atoms with Gasteiger partial charge in [-0.1, -0.05) is 0 Å². The van der Waals surface area contributed by atoms with Gasteiger partial charge in [-0.25, -0.2) is 0 Å². The van der Waals surface area contributed by atoms with E-state index in [0.717, 1.165) is 6.29 Å². The van der Waals surface area contributed by atoms with Gasteiger partial charge in [0, 0.05) is 12.7 Å². The van der Waals surface area contributed by atoms with Crippen molar-refractivity contribution in [2.24, 2.45) is 5.92 Å². The smallest absolute Gasteiger partial charge is 0.302 e. The molecule has 0 aliphatic heterocycles. The van der Waals surface area contributed by atoms with E-state index in [9.17, 15) is 9.59 Å². The largest absolute Gasteiger partial charge is 0.465 e. The maximum Gasteiger partial charge on any atom is 0.302 e. The van der Waals surface area contributed by atoms with Crippen LogP contribution in [0, 0.1) is 5.92 Å². The van der Waals surface area contributed by atoms with Gasteiger partial charge in [0.25, 0.3) is 0 Å². The Labute approximate surface area is 70.5 Å². The Morgan fingerprint density at radius 2 is 2.36 bits per heavy atom. The molecule has 0 aliphatic carbocycles. The average molecular weight is 176 g/mol. The highest BCUT2D eigenvalue weighted by Gasteiger charge is 2.07. The van der Waals surface area contributed by atoms with E-state index in [1.165, 1.54) is 6.92 Å². The Bertz CT molecular complexity index is 136. The molecule has 0 heterocycles. The summed E-state index contributed by atoms with van der Waals surface area (Å²) in [6.45, 7) is 1.54. The van der Waals surface area contributed by atoms with E-state index < -0.39 is 0 Å². The van der Waals surface area contributed by atoms with Gasteiger partial charge in [0.05, 0.1) is 5.92 Å². The molecule has 1 atom stereocenters. The molecule has 0 spiro atoms. The van der Waals surface area contributed by atoms with Crippen molar-refractivity contribution in [3.05, 3.63) is 0 Å². The molecule has 0 bridgehead atoms. The lowest BCUT2D eigenvalue weighted by atomic mass is 10.2. The van der Waals surface area contributed by atoms with Crippen LogP contribution in [0.2, 0.25) is 0 Å². The SMILES string of the molecule is CSCC(C=O)COC(C)=O. The highest BCUT2D eigenvalue weighted by Crippen LogP contribution is 2.02. The van der Waals surface area contributed by atoms with Crippen molar-refractivity contribution in [3.63, 3.8) is 0 Å². The molecule has 3 nitrogen and oxygen atoms in total. The topological polar surface area (TPSA) is 43.4 Å². The summed E-state index contributed by atoms with van der Waals surface area (Å²) in [7, 11) is 0. The van der Waals surface area contributed by atoms with E-state index in [2.05, 4.69) is 4.74 Å². The zero-order valence-electron chi connectivity index (χ0n) is 6.70. The molecule has 0 aliphatic rings. The molecule has 0 saturated carbocycles. The molecule has 0 radical (unpaired) electrons. The minimum Gasteiger partial charge on any atom is -0.465 e. The van der Waals surface area contributed by atoms with Gasteiger partial charge in [-0.3, -0.25) is 4.79 Å². The highest BCUT2D eigenvalue weighted by molar-refractivity contribution is 7.98. The van der Waals surface area contributed by atoms with Crippen molar-refractivity contribution >= 4 is 24.0 Å². The Hall–Kier alpha value is -0.510. The minimum absolute atomic E-state index is 0.158. The van der Waals surface area contributed by atoms with Gasteiger partial charge in [0.1, 0.15) is 12.9 Å². The summed E-state index contributed by atoms with van der Waals surface area (Å²) in [5.74, 6) is 0.211. The summed E-state index contributed by atoms with van der Waals surface area (Å²) in [5, 5.41) is 0. The van der Waals surface area contributed by atoms with E-state index in [1.54, 1.807) is 11.8 Å². The van der Waals surface area contributed by atoms with Crippen LogP contribution in [0.3, 0.4) is 0 Å². The van der Waals surface area contributed by atoms with Crippen molar-refractivity contribution in [1.82, 2.24) is 0 Å². The fourth-order valence-electron chi connectivity index (χ4n) is 0.565. The second kappa shape index (κ2) is 6.22. The lowest BCUT2D eigenvalue weighted by Crippen LogP contribution is -2.15. The van der Waals surface area contributed by atoms with Crippen LogP contribution in [0.1, 0.15) is 6.92 Å². The molecule has 0 rings (SSSR count). The number of hydrogen-bond acceptors (Lipinski definition) is 4. The molecule has 0 aromatic carbocycles. The molecular weight excluding hydrogens is 164 g/mol. The van der Waals surface area contributed by atoms with E-state index in [1.807, 2.05) is 6.26 Å². The van der Waals surface area contributed by atoms with Gasteiger partial charge in [-0.05, 0) is 6.26 Å². The first-order valence-corrected chi connectivity index (χ1v) is 4.67. The molecule has 1 unspecified atom stereocenters. The van der Waals surface area contributed by atoms with Crippen LogP contribution in [0.25, 0.3) is 0 Å². The number of hydrogen-bond donors (Lipinski definition) is 0. The van der Waals surface area contributed by atoms with E-state index >= 15 is 0 Å². The quantitative estimate of drug-likeness (QED) is 0.457. The molecule has 0 N–H and O–H groups in total. The lowest BCUT2D eigenvalue weighted by molar-refractivity contribution is -0.142. The molecule has 0 aromatic rings. The molecule has 0 aromatic heterocycles. The van der Waals surface area contributed by atoms with Crippen molar-refractivity contribution < 1.29 is 14.3 Å². The summed E-state index contributed by atoms with van der Waals surface area (Å²) < 4.78 is 4.66. The van der Waals surface area contributed by atoms with Crippen LogP contribution in [0.5, 0.6) is 0 Å². The molecule has 64 valence electrons. The minimum atomic E-state index is -0.335. The van der Waals surface area contributed by atoms with Gasteiger partial charge >= 0.3 is 5.97 Å². The fourth-order valence-corrected chi connectivity index (χ4v) is 1.17. The number of aldehydes is 1. The number of carbonyl (C=O) groups is 2. The molecule has 4 heteroatoms. The number of thioether (sulfide) groups is 1. The maximum absolute atomic E-state index is 10.3. The maximum atomic E-state index is 10.3. The summed E-state index contributed by atoms with van der Waals surface area (Å²) >= 11 is 1.56. The standard InChI is InChI=1S/C7H12O3S/c1-6(9)10-4-7(3-8)5-11-2/h3,7H,4-5H2,1-2H3. The van der Waals surface area contributed by atoms with Gasteiger partial charge in [-0.2, -0.15) is 11.8 Å². The molecule has 0 amide bonds. The van der Waals surface area contributed by atoms with Crippen molar-refractivity contribution in [1.29, 1.82) is 0 Å². The number of carbonyl (C=O) groups excluding carboxylic acids is 2. The highest BCUT2D eigenvalue weighted by atomic mass is 32.2. The fraction of sp³-hybridized carbons (Fsp3) is 0.714. The Balaban J connectivity index is 3.51. The first-order chi connectivity index (χ1) is 5.20. The van der Waals surface area contributed by atoms with E-state index in [0.29, 0.717) is 5.75 Å². The Kier molecular flexibility index (Phi) is 5.93. The van der Waals surface area contributed by atoms with E-state index in [-0.39, 0.29) is 18.5 Å². The third kappa shape index (κ3) is 5.91. The van der Waals surface area contributed by atoms with Crippen molar-refractivity contribution in [2.45, 2.75) is 6.92 Å².